The molecule has 1 aromatic heterocycles. The summed E-state index contributed by atoms with van der Waals surface area (Å²) in [5.74, 6) is -4.72. The zero-order valence-corrected chi connectivity index (χ0v) is 12.5. The summed E-state index contributed by atoms with van der Waals surface area (Å²) in [6, 6.07) is 9.64. The summed E-state index contributed by atoms with van der Waals surface area (Å²) < 4.78 is 28.5. The van der Waals surface area contributed by atoms with Gasteiger partial charge in [0, 0.05) is 24.4 Å². The molecule has 2 N–H and O–H groups in total. The highest BCUT2D eigenvalue weighted by Crippen LogP contribution is 2.35. The van der Waals surface area contributed by atoms with Gasteiger partial charge in [-0.1, -0.05) is 30.3 Å². The number of nitrogen functional groups attached to an aromatic ring is 1. The van der Waals surface area contributed by atoms with Crippen molar-refractivity contribution >= 4 is 22.4 Å². The first-order valence-corrected chi connectivity index (χ1v) is 7.80. The lowest BCUT2D eigenvalue weighted by molar-refractivity contribution is -0.158. The molecule has 7 heteroatoms. The van der Waals surface area contributed by atoms with Crippen molar-refractivity contribution in [2.24, 2.45) is 0 Å². The lowest BCUT2D eigenvalue weighted by atomic mass is 9.99. The van der Waals surface area contributed by atoms with E-state index in [-0.39, 0.29) is 11.0 Å². The predicted octanol–water partition coefficient (Wildman–Crippen LogP) is 2.83. The van der Waals surface area contributed by atoms with Crippen LogP contribution in [-0.4, -0.2) is 28.9 Å². The van der Waals surface area contributed by atoms with E-state index >= 15 is 0 Å². The number of nitrogens with zero attached hydrogens (tertiary/aromatic N) is 2. The van der Waals surface area contributed by atoms with Crippen LogP contribution in [0.5, 0.6) is 0 Å². The van der Waals surface area contributed by atoms with E-state index in [1.54, 1.807) is 0 Å². The molecule has 1 aliphatic rings. The lowest BCUT2D eigenvalue weighted by Crippen LogP contribution is -2.40. The van der Waals surface area contributed by atoms with Crippen molar-refractivity contribution in [3.63, 3.8) is 0 Å². The molecular formula is C15H15F2N3OS. The summed E-state index contributed by atoms with van der Waals surface area (Å²) >= 11 is 0.905. The van der Waals surface area contributed by atoms with Gasteiger partial charge in [-0.3, -0.25) is 4.79 Å². The SMILES string of the molecule is Nc1nc(C(F)(F)C(=O)N2CCC(c3ccccc3)C2)cs1. The standard InChI is InChI=1S/C15H15F2N3OS/c16-15(17,12-9-22-14(18)19-12)13(21)20-7-6-11(8-20)10-4-2-1-3-5-10/h1-5,9,11H,6-8H2,(H2,18,19). The number of halogens is 2. The summed E-state index contributed by atoms with van der Waals surface area (Å²) in [7, 11) is 0. The molecule has 116 valence electrons. The van der Waals surface area contributed by atoms with Gasteiger partial charge in [-0.2, -0.15) is 8.78 Å². The number of nitrogens with two attached hydrogens (primary N) is 1. The van der Waals surface area contributed by atoms with Gasteiger partial charge in [0.2, 0.25) is 0 Å². The highest BCUT2D eigenvalue weighted by molar-refractivity contribution is 7.13. The van der Waals surface area contributed by atoms with Crippen LogP contribution in [0.15, 0.2) is 35.7 Å². The number of carbonyl (C=O) groups is 1. The number of amides is 1. The number of carbonyl (C=O) groups excluding carboxylic acids is 1. The Morgan fingerprint density at radius 2 is 2.09 bits per heavy atom. The molecule has 1 unspecified atom stereocenters. The van der Waals surface area contributed by atoms with Crippen LogP contribution in [-0.2, 0) is 10.7 Å². The molecule has 1 aromatic carbocycles. The van der Waals surface area contributed by atoms with E-state index in [9.17, 15) is 13.6 Å². The first-order valence-electron chi connectivity index (χ1n) is 6.92. The minimum atomic E-state index is -3.63. The molecule has 1 fully saturated rings. The molecule has 1 atom stereocenters. The molecule has 2 aromatic rings. The van der Waals surface area contributed by atoms with Crippen molar-refractivity contribution in [1.29, 1.82) is 0 Å². The van der Waals surface area contributed by atoms with Crippen molar-refractivity contribution in [3.05, 3.63) is 47.0 Å². The Hall–Kier alpha value is -2.02. The van der Waals surface area contributed by atoms with Crippen LogP contribution < -0.4 is 5.73 Å². The molecule has 0 bridgehead atoms. The fourth-order valence-corrected chi connectivity index (χ4v) is 3.27. The minimum absolute atomic E-state index is 0.0334. The molecular weight excluding hydrogens is 308 g/mol. The Kier molecular flexibility index (Phi) is 3.82. The monoisotopic (exact) mass is 323 g/mol. The van der Waals surface area contributed by atoms with Crippen LogP contribution in [0.3, 0.4) is 0 Å². The van der Waals surface area contributed by atoms with Crippen LogP contribution in [0.25, 0.3) is 0 Å². The van der Waals surface area contributed by atoms with Gasteiger partial charge in [0.15, 0.2) is 5.13 Å². The number of anilines is 1. The Bertz CT molecular complexity index is 674. The first-order chi connectivity index (χ1) is 10.5. The third-order valence-electron chi connectivity index (χ3n) is 3.86. The van der Waals surface area contributed by atoms with Crippen LogP contribution >= 0.6 is 11.3 Å². The van der Waals surface area contributed by atoms with Gasteiger partial charge >= 0.3 is 5.92 Å². The highest BCUT2D eigenvalue weighted by atomic mass is 32.1. The van der Waals surface area contributed by atoms with Crippen LogP contribution in [0, 0.1) is 0 Å². The number of aromatic nitrogens is 1. The molecule has 0 aliphatic carbocycles. The fraction of sp³-hybridized carbons (Fsp3) is 0.333. The second-order valence-electron chi connectivity index (χ2n) is 5.29. The minimum Gasteiger partial charge on any atom is -0.375 e. The zero-order chi connectivity index (χ0) is 15.7. The molecule has 0 spiro atoms. The lowest BCUT2D eigenvalue weighted by Gasteiger charge is -2.22. The Balaban J connectivity index is 1.74. The number of hydrogen-bond acceptors (Lipinski definition) is 4. The first kappa shape index (κ1) is 14.9. The Labute approximate surface area is 130 Å². The normalized spacial score (nSPS) is 18.6. The quantitative estimate of drug-likeness (QED) is 0.945. The van der Waals surface area contributed by atoms with E-state index in [1.807, 2.05) is 30.3 Å². The number of thiazole rings is 1. The molecule has 22 heavy (non-hydrogen) atoms. The molecule has 1 amide bonds. The molecule has 0 radical (unpaired) electrons. The van der Waals surface area contributed by atoms with Crippen LogP contribution in [0.4, 0.5) is 13.9 Å². The van der Waals surface area contributed by atoms with E-state index in [4.69, 9.17) is 5.73 Å². The van der Waals surface area contributed by atoms with Gasteiger partial charge in [0.25, 0.3) is 5.91 Å². The van der Waals surface area contributed by atoms with E-state index in [0.29, 0.717) is 19.5 Å². The highest BCUT2D eigenvalue weighted by Gasteiger charge is 2.47. The van der Waals surface area contributed by atoms with Crippen molar-refractivity contribution in [3.8, 4) is 0 Å². The Morgan fingerprint density at radius 1 is 1.36 bits per heavy atom. The number of benzene rings is 1. The average molecular weight is 323 g/mol. The topological polar surface area (TPSA) is 59.2 Å². The smallest absolute Gasteiger partial charge is 0.367 e. The number of rotatable bonds is 3. The van der Waals surface area contributed by atoms with Crippen LogP contribution in [0.1, 0.15) is 23.6 Å². The molecule has 4 nitrogen and oxygen atoms in total. The summed E-state index contributed by atoms with van der Waals surface area (Å²) in [6.45, 7) is 0.631. The maximum absolute atomic E-state index is 14.2. The van der Waals surface area contributed by atoms with Gasteiger partial charge in [0.1, 0.15) is 5.69 Å². The van der Waals surface area contributed by atoms with Crippen molar-refractivity contribution in [1.82, 2.24) is 9.88 Å². The van der Waals surface area contributed by atoms with Gasteiger partial charge in [-0.25, -0.2) is 4.98 Å². The van der Waals surface area contributed by atoms with Gasteiger partial charge in [0.05, 0.1) is 0 Å². The third-order valence-corrected chi connectivity index (χ3v) is 4.53. The molecule has 2 heterocycles. The van der Waals surface area contributed by atoms with E-state index in [2.05, 4.69) is 4.98 Å². The number of likely N-dealkylation sites (tertiary alicyclic amines) is 1. The van der Waals surface area contributed by atoms with E-state index in [1.165, 1.54) is 4.90 Å². The van der Waals surface area contributed by atoms with Crippen molar-refractivity contribution in [2.45, 2.75) is 18.3 Å². The second kappa shape index (κ2) is 5.64. The summed E-state index contributed by atoms with van der Waals surface area (Å²) in [5.41, 5.74) is 5.88. The van der Waals surface area contributed by atoms with E-state index in [0.717, 1.165) is 22.3 Å². The molecule has 3 rings (SSSR count). The van der Waals surface area contributed by atoms with Crippen LogP contribution in [0.2, 0.25) is 0 Å². The fourth-order valence-electron chi connectivity index (χ4n) is 2.68. The van der Waals surface area contributed by atoms with E-state index < -0.39 is 17.5 Å². The van der Waals surface area contributed by atoms with Crippen molar-refractivity contribution in [2.75, 3.05) is 18.8 Å². The summed E-state index contributed by atoms with van der Waals surface area (Å²) in [6.07, 6.45) is 0.686. The average Bonchev–Trinajstić information content (AvgIpc) is 3.16. The van der Waals surface area contributed by atoms with Gasteiger partial charge in [-0.05, 0) is 12.0 Å². The largest absolute Gasteiger partial charge is 0.375 e. The Morgan fingerprint density at radius 3 is 2.73 bits per heavy atom. The van der Waals surface area contributed by atoms with Gasteiger partial charge in [-0.15, -0.1) is 11.3 Å². The summed E-state index contributed by atoms with van der Waals surface area (Å²) in [5, 5.41) is 1.17. The maximum atomic E-state index is 14.2. The second-order valence-corrected chi connectivity index (χ2v) is 6.18. The molecule has 1 saturated heterocycles. The maximum Gasteiger partial charge on any atom is 0.367 e. The number of alkyl halides is 2. The zero-order valence-electron chi connectivity index (χ0n) is 11.7. The molecule has 0 saturated carbocycles. The van der Waals surface area contributed by atoms with Gasteiger partial charge < -0.3 is 10.6 Å². The third kappa shape index (κ3) is 2.68. The summed E-state index contributed by atoms with van der Waals surface area (Å²) in [4.78, 5) is 16.9. The predicted molar refractivity (Wildman–Crippen MR) is 80.8 cm³/mol. The van der Waals surface area contributed by atoms with Crippen molar-refractivity contribution < 1.29 is 13.6 Å². The number of hydrogen-bond donors (Lipinski definition) is 1. The molecule has 1 aliphatic heterocycles.